The molecule has 112 valence electrons. The number of rotatable bonds is 4. The van der Waals surface area contributed by atoms with Crippen LogP contribution in [0, 0.1) is 0 Å². The molecular formula is C18H19N3S. The van der Waals surface area contributed by atoms with Gasteiger partial charge in [0.25, 0.3) is 0 Å². The van der Waals surface area contributed by atoms with E-state index < -0.39 is 0 Å². The molecule has 4 heteroatoms. The highest BCUT2D eigenvalue weighted by Gasteiger charge is 2.12. The molecule has 2 heterocycles. The van der Waals surface area contributed by atoms with Gasteiger partial charge in [-0.1, -0.05) is 35.6 Å². The summed E-state index contributed by atoms with van der Waals surface area (Å²) in [6.07, 6.45) is 2.68. The highest BCUT2D eigenvalue weighted by Crippen LogP contribution is 2.29. The van der Waals surface area contributed by atoms with Crippen LogP contribution < -0.4 is 5.32 Å². The largest absolute Gasteiger partial charge is 0.332 e. The molecule has 0 bridgehead atoms. The average molecular weight is 309 g/mol. The number of nitrogens with zero attached hydrogens (tertiary/aromatic N) is 2. The van der Waals surface area contributed by atoms with E-state index in [4.69, 9.17) is 0 Å². The van der Waals surface area contributed by atoms with E-state index >= 15 is 0 Å². The molecule has 3 aromatic rings. The van der Waals surface area contributed by atoms with Crippen LogP contribution in [0.15, 0.2) is 48.5 Å². The van der Waals surface area contributed by atoms with Crippen LogP contribution in [0.2, 0.25) is 0 Å². The fraction of sp³-hybridized carbons (Fsp3) is 0.278. The van der Waals surface area contributed by atoms with Gasteiger partial charge in [-0.15, -0.1) is 0 Å². The molecular weight excluding hydrogens is 290 g/mol. The zero-order valence-electron chi connectivity index (χ0n) is 12.5. The molecule has 3 nitrogen and oxygen atoms in total. The fourth-order valence-electron chi connectivity index (χ4n) is 2.96. The Labute approximate surface area is 134 Å². The van der Waals surface area contributed by atoms with Gasteiger partial charge in [0.2, 0.25) is 0 Å². The van der Waals surface area contributed by atoms with E-state index in [1.807, 2.05) is 18.2 Å². The lowest BCUT2D eigenvalue weighted by molar-refractivity contribution is 0.331. The molecule has 1 N–H and O–H groups in total. The lowest BCUT2D eigenvalue weighted by Gasteiger charge is -2.14. The SMILES string of the molecule is c1ccc(Nc2nc3ccc(CN4CCCC4)cc3s2)cc1. The normalized spacial score (nSPS) is 15.5. The lowest BCUT2D eigenvalue weighted by atomic mass is 10.2. The summed E-state index contributed by atoms with van der Waals surface area (Å²) >= 11 is 1.72. The quantitative estimate of drug-likeness (QED) is 0.761. The summed E-state index contributed by atoms with van der Waals surface area (Å²) in [6, 6.07) is 16.9. The minimum absolute atomic E-state index is 0.958. The number of hydrogen-bond acceptors (Lipinski definition) is 4. The number of fused-ring (bicyclic) bond motifs is 1. The molecule has 1 fully saturated rings. The zero-order chi connectivity index (χ0) is 14.8. The van der Waals surface area contributed by atoms with Crippen LogP contribution in [0.25, 0.3) is 10.2 Å². The van der Waals surface area contributed by atoms with Crippen molar-refractivity contribution in [2.75, 3.05) is 18.4 Å². The minimum atomic E-state index is 0.958. The Morgan fingerprint density at radius 1 is 1.05 bits per heavy atom. The van der Waals surface area contributed by atoms with Crippen LogP contribution in [-0.4, -0.2) is 23.0 Å². The molecule has 0 atom stereocenters. The molecule has 4 rings (SSSR count). The van der Waals surface area contributed by atoms with E-state index in [0.29, 0.717) is 0 Å². The first-order valence-corrected chi connectivity index (χ1v) is 8.62. The summed E-state index contributed by atoms with van der Waals surface area (Å²) < 4.78 is 1.26. The summed E-state index contributed by atoms with van der Waals surface area (Å²) in [5, 5.41) is 4.34. The van der Waals surface area contributed by atoms with Crippen molar-refractivity contribution in [1.29, 1.82) is 0 Å². The first kappa shape index (κ1) is 13.7. The maximum Gasteiger partial charge on any atom is 0.188 e. The minimum Gasteiger partial charge on any atom is -0.332 e. The molecule has 2 aromatic carbocycles. The molecule has 0 aliphatic carbocycles. The second-order valence-electron chi connectivity index (χ2n) is 5.80. The van der Waals surface area contributed by atoms with Crippen LogP contribution in [0.5, 0.6) is 0 Å². The van der Waals surface area contributed by atoms with Gasteiger partial charge in [-0.2, -0.15) is 0 Å². The van der Waals surface area contributed by atoms with Crippen LogP contribution >= 0.6 is 11.3 Å². The van der Waals surface area contributed by atoms with Gasteiger partial charge < -0.3 is 5.32 Å². The van der Waals surface area contributed by atoms with Gasteiger partial charge in [0, 0.05) is 12.2 Å². The van der Waals surface area contributed by atoms with E-state index in [9.17, 15) is 0 Å². The number of aromatic nitrogens is 1. The number of para-hydroxylation sites is 1. The predicted molar refractivity (Wildman–Crippen MR) is 93.9 cm³/mol. The molecule has 1 aromatic heterocycles. The van der Waals surface area contributed by atoms with Crippen molar-refractivity contribution in [3.8, 4) is 0 Å². The number of nitrogens with one attached hydrogen (secondary N) is 1. The topological polar surface area (TPSA) is 28.2 Å². The van der Waals surface area contributed by atoms with Gasteiger partial charge >= 0.3 is 0 Å². The molecule has 0 unspecified atom stereocenters. The van der Waals surface area contributed by atoms with Gasteiger partial charge in [0.05, 0.1) is 10.2 Å². The summed E-state index contributed by atoms with van der Waals surface area (Å²) in [6.45, 7) is 3.54. The third kappa shape index (κ3) is 2.98. The molecule has 0 radical (unpaired) electrons. The maximum absolute atomic E-state index is 4.67. The third-order valence-corrected chi connectivity index (χ3v) is 5.02. The molecule has 0 spiro atoms. The molecule has 1 aliphatic heterocycles. The standard InChI is InChI=1S/C18H19N3S/c1-2-6-15(7-3-1)19-18-20-16-9-8-14(12-17(16)22-18)13-21-10-4-5-11-21/h1-3,6-9,12H,4-5,10-11,13H2,(H,19,20). The first-order valence-electron chi connectivity index (χ1n) is 7.81. The van der Waals surface area contributed by atoms with Crippen molar-refractivity contribution >= 4 is 32.4 Å². The highest BCUT2D eigenvalue weighted by atomic mass is 32.1. The van der Waals surface area contributed by atoms with E-state index in [0.717, 1.165) is 22.9 Å². The van der Waals surface area contributed by atoms with Crippen molar-refractivity contribution in [1.82, 2.24) is 9.88 Å². The van der Waals surface area contributed by atoms with Crippen molar-refractivity contribution < 1.29 is 0 Å². The van der Waals surface area contributed by atoms with E-state index in [2.05, 4.69) is 45.5 Å². The maximum atomic E-state index is 4.67. The second-order valence-corrected chi connectivity index (χ2v) is 6.83. The molecule has 1 aliphatic rings. The fourth-order valence-corrected chi connectivity index (χ4v) is 3.91. The number of likely N-dealkylation sites (tertiary alicyclic amines) is 1. The van der Waals surface area contributed by atoms with Gasteiger partial charge in [-0.05, 0) is 55.8 Å². The number of thiazole rings is 1. The Kier molecular flexibility index (Phi) is 3.79. The van der Waals surface area contributed by atoms with Crippen molar-refractivity contribution in [3.63, 3.8) is 0 Å². The highest BCUT2D eigenvalue weighted by molar-refractivity contribution is 7.22. The van der Waals surface area contributed by atoms with Crippen LogP contribution in [0.3, 0.4) is 0 Å². The Morgan fingerprint density at radius 2 is 1.86 bits per heavy atom. The number of benzene rings is 2. The number of anilines is 2. The van der Waals surface area contributed by atoms with Gasteiger partial charge in [-0.3, -0.25) is 4.90 Å². The lowest BCUT2D eigenvalue weighted by Crippen LogP contribution is -2.18. The summed E-state index contributed by atoms with van der Waals surface area (Å²) in [4.78, 5) is 7.21. The second kappa shape index (κ2) is 6.07. The predicted octanol–water partition coefficient (Wildman–Crippen LogP) is 4.64. The van der Waals surface area contributed by atoms with Gasteiger partial charge in [-0.25, -0.2) is 4.98 Å². The van der Waals surface area contributed by atoms with Crippen LogP contribution in [0.1, 0.15) is 18.4 Å². The van der Waals surface area contributed by atoms with E-state index in [1.165, 1.54) is 36.2 Å². The van der Waals surface area contributed by atoms with E-state index in [1.54, 1.807) is 11.3 Å². The Bertz CT molecular complexity index is 760. The molecule has 1 saturated heterocycles. The first-order chi connectivity index (χ1) is 10.9. The zero-order valence-corrected chi connectivity index (χ0v) is 13.3. The molecule has 0 amide bonds. The monoisotopic (exact) mass is 309 g/mol. The van der Waals surface area contributed by atoms with E-state index in [-0.39, 0.29) is 0 Å². The summed E-state index contributed by atoms with van der Waals surface area (Å²) in [5.41, 5.74) is 3.55. The average Bonchev–Trinajstić information content (AvgIpc) is 3.17. The van der Waals surface area contributed by atoms with Gasteiger partial charge in [0.15, 0.2) is 5.13 Å². The van der Waals surface area contributed by atoms with Crippen molar-refractivity contribution in [2.24, 2.45) is 0 Å². The van der Waals surface area contributed by atoms with Crippen LogP contribution in [-0.2, 0) is 6.54 Å². The van der Waals surface area contributed by atoms with Crippen LogP contribution in [0.4, 0.5) is 10.8 Å². The van der Waals surface area contributed by atoms with Crippen molar-refractivity contribution in [3.05, 3.63) is 54.1 Å². The molecule has 0 saturated carbocycles. The molecule has 22 heavy (non-hydrogen) atoms. The Hall–Kier alpha value is -1.91. The smallest absolute Gasteiger partial charge is 0.188 e. The Morgan fingerprint density at radius 3 is 2.68 bits per heavy atom. The Balaban J connectivity index is 1.55. The summed E-state index contributed by atoms with van der Waals surface area (Å²) in [5.74, 6) is 0. The number of hydrogen-bond donors (Lipinski definition) is 1. The van der Waals surface area contributed by atoms with Crippen molar-refractivity contribution in [2.45, 2.75) is 19.4 Å². The summed E-state index contributed by atoms with van der Waals surface area (Å²) in [7, 11) is 0. The third-order valence-electron chi connectivity index (χ3n) is 4.08. The van der Waals surface area contributed by atoms with Gasteiger partial charge in [0.1, 0.15) is 0 Å².